The molecule has 1 nitrogen and oxygen atoms in total. The summed E-state index contributed by atoms with van der Waals surface area (Å²) in [6.45, 7) is 9.21. The molecular weight excluding hydrogens is 172 g/mol. The summed E-state index contributed by atoms with van der Waals surface area (Å²) in [5, 5.41) is 9.88. The van der Waals surface area contributed by atoms with Gasteiger partial charge in [-0.2, -0.15) is 0 Å². The van der Waals surface area contributed by atoms with E-state index in [1.807, 2.05) is 0 Å². The van der Waals surface area contributed by atoms with Crippen LogP contribution in [0.2, 0.25) is 0 Å². The smallest absolute Gasteiger partial charge is 0.0568 e. The van der Waals surface area contributed by atoms with Gasteiger partial charge in [-0.15, -0.1) is 0 Å². The Bertz CT molecular complexity index is 169. The third-order valence-corrected chi connectivity index (χ3v) is 3.83. The van der Waals surface area contributed by atoms with Gasteiger partial charge in [-0.05, 0) is 42.9 Å². The Kier molecular flexibility index (Phi) is 4.00. The second-order valence-electron chi connectivity index (χ2n) is 5.99. The summed E-state index contributed by atoms with van der Waals surface area (Å²) in [6, 6.07) is 0. The third kappa shape index (κ3) is 2.98. The molecule has 1 N–H and O–H groups in total. The van der Waals surface area contributed by atoms with Gasteiger partial charge in [0.1, 0.15) is 0 Å². The molecule has 0 saturated heterocycles. The Hall–Kier alpha value is -0.0400. The van der Waals surface area contributed by atoms with E-state index in [2.05, 4.69) is 27.7 Å². The van der Waals surface area contributed by atoms with E-state index in [9.17, 15) is 5.11 Å². The number of rotatable bonds is 2. The summed E-state index contributed by atoms with van der Waals surface area (Å²) >= 11 is 0. The maximum Gasteiger partial charge on any atom is 0.0568 e. The molecule has 1 aliphatic carbocycles. The van der Waals surface area contributed by atoms with E-state index in [0.29, 0.717) is 11.3 Å². The monoisotopic (exact) mass is 198 g/mol. The summed E-state index contributed by atoms with van der Waals surface area (Å²) in [6.07, 6.45) is 5.86. The van der Waals surface area contributed by atoms with Crippen molar-refractivity contribution in [1.29, 1.82) is 0 Å². The molecule has 0 aromatic carbocycles. The second-order valence-corrected chi connectivity index (χ2v) is 5.99. The quantitative estimate of drug-likeness (QED) is 0.718. The first-order valence-corrected chi connectivity index (χ1v) is 6.13. The highest BCUT2D eigenvalue weighted by atomic mass is 16.3. The Morgan fingerprint density at radius 2 is 1.86 bits per heavy atom. The highest BCUT2D eigenvalue weighted by Crippen LogP contribution is 2.41. The molecule has 1 aliphatic rings. The van der Waals surface area contributed by atoms with Crippen molar-refractivity contribution in [3.63, 3.8) is 0 Å². The van der Waals surface area contributed by atoms with E-state index >= 15 is 0 Å². The number of aliphatic hydroxyl groups is 1. The zero-order chi connectivity index (χ0) is 10.8. The van der Waals surface area contributed by atoms with Crippen LogP contribution in [0.25, 0.3) is 0 Å². The van der Waals surface area contributed by atoms with Gasteiger partial charge < -0.3 is 5.11 Å². The predicted molar refractivity (Wildman–Crippen MR) is 61.2 cm³/mol. The molecule has 1 fully saturated rings. The molecule has 0 spiro atoms. The van der Waals surface area contributed by atoms with E-state index in [-0.39, 0.29) is 6.10 Å². The van der Waals surface area contributed by atoms with Gasteiger partial charge in [-0.3, -0.25) is 0 Å². The number of aliphatic hydroxyl groups excluding tert-OH is 1. The summed E-state index contributed by atoms with van der Waals surface area (Å²) < 4.78 is 0. The largest absolute Gasteiger partial charge is 0.393 e. The van der Waals surface area contributed by atoms with Crippen molar-refractivity contribution in [3.05, 3.63) is 0 Å². The molecule has 0 bridgehead atoms. The van der Waals surface area contributed by atoms with Gasteiger partial charge in [-0.1, -0.05) is 34.1 Å². The molecule has 3 atom stereocenters. The molecule has 1 heteroatoms. The minimum atomic E-state index is -0.0199. The van der Waals surface area contributed by atoms with Crippen molar-refractivity contribution < 1.29 is 5.11 Å². The average molecular weight is 198 g/mol. The fraction of sp³-hybridized carbons (Fsp3) is 1.00. The lowest BCUT2D eigenvalue weighted by Crippen LogP contribution is -2.34. The van der Waals surface area contributed by atoms with Crippen LogP contribution >= 0.6 is 0 Å². The fourth-order valence-corrected chi connectivity index (χ4v) is 2.72. The lowest BCUT2D eigenvalue weighted by Gasteiger charge is -2.40. The standard InChI is InChI=1S/C13H26O/c1-5-6-10-9-11(13(2,3)4)7-8-12(10)14/h10-12,14H,5-9H2,1-4H3. The van der Waals surface area contributed by atoms with E-state index < -0.39 is 0 Å². The maximum atomic E-state index is 9.88. The van der Waals surface area contributed by atoms with Crippen LogP contribution in [0.5, 0.6) is 0 Å². The van der Waals surface area contributed by atoms with E-state index in [1.165, 1.54) is 25.7 Å². The molecule has 0 amide bonds. The molecule has 84 valence electrons. The van der Waals surface area contributed by atoms with Crippen LogP contribution in [-0.4, -0.2) is 11.2 Å². The highest BCUT2D eigenvalue weighted by Gasteiger charge is 2.34. The summed E-state index contributed by atoms with van der Waals surface area (Å²) in [5.74, 6) is 1.38. The first kappa shape index (κ1) is 12.0. The zero-order valence-corrected chi connectivity index (χ0v) is 10.2. The second kappa shape index (κ2) is 4.65. The average Bonchev–Trinajstić information content (AvgIpc) is 2.07. The van der Waals surface area contributed by atoms with E-state index in [1.54, 1.807) is 0 Å². The lowest BCUT2D eigenvalue weighted by atomic mass is 9.67. The SMILES string of the molecule is CCCC1CC(C(C)(C)C)CCC1O. The fourth-order valence-electron chi connectivity index (χ4n) is 2.72. The van der Waals surface area contributed by atoms with E-state index in [4.69, 9.17) is 0 Å². The lowest BCUT2D eigenvalue weighted by molar-refractivity contribution is 0.0156. The van der Waals surface area contributed by atoms with Crippen LogP contribution in [0.3, 0.4) is 0 Å². The van der Waals surface area contributed by atoms with Gasteiger partial charge in [0.2, 0.25) is 0 Å². The summed E-state index contributed by atoms with van der Waals surface area (Å²) in [5.41, 5.74) is 0.423. The van der Waals surface area contributed by atoms with Crippen molar-refractivity contribution in [2.75, 3.05) is 0 Å². The molecular formula is C13H26O. The van der Waals surface area contributed by atoms with Crippen LogP contribution in [0.15, 0.2) is 0 Å². The van der Waals surface area contributed by atoms with Crippen molar-refractivity contribution in [3.8, 4) is 0 Å². The van der Waals surface area contributed by atoms with Crippen LogP contribution < -0.4 is 0 Å². The van der Waals surface area contributed by atoms with Crippen LogP contribution in [0.4, 0.5) is 0 Å². The van der Waals surface area contributed by atoms with Crippen LogP contribution in [-0.2, 0) is 0 Å². The molecule has 0 aromatic heterocycles. The van der Waals surface area contributed by atoms with Gasteiger partial charge in [0.15, 0.2) is 0 Å². The minimum Gasteiger partial charge on any atom is -0.393 e. The normalized spacial score (nSPS) is 34.5. The predicted octanol–water partition coefficient (Wildman–Crippen LogP) is 3.61. The van der Waals surface area contributed by atoms with Gasteiger partial charge in [-0.25, -0.2) is 0 Å². The van der Waals surface area contributed by atoms with Gasteiger partial charge >= 0.3 is 0 Å². The Morgan fingerprint density at radius 1 is 1.21 bits per heavy atom. The van der Waals surface area contributed by atoms with Crippen molar-refractivity contribution in [2.45, 2.75) is 65.9 Å². The Morgan fingerprint density at radius 3 is 2.36 bits per heavy atom. The van der Waals surface area contributed by atoms with Crippen molar-refractivity contribution in [1.82, 2.24) is 0 Å². The topological polar surface area (TPSA) is 20.2 Å². The van der Waals surface area contributed by atoms with Crippen LogP contribution in [0.1, 0.15) is 59.8 Å². The molecule has 1 rings (SSSR count). The van der Waals surface area contributed by atoms with Crippen molar-refractivity contribution >= 4 is 0 Å². The first-order chi connectivity index (χ1) is 6.45. The molecule has 0 radical (unpaired) electrons. The van der Waals surface area contributed by atoms with Crippen LogP contribution in [0, 0.1) is 17.3 Å². The van der Waals surface area contributed by atoms with Gasteiger partial charge in [0.25, 0.3) is 0 Å². The Labute approximate surface area is 88.9 Å². The number of hydrogen-bond acceptors (Lipinski definition) is 1. The van der Waals surface area contributed by atoms with Gasteiger partial charge in [0, 0.05) is 0 Å². The maximum absolute atomic E-state index is 9.88. The Balaban J connectivity index is 2.53. The molecule has 0 aliphatic heterocycles. The van der Waals surface area contributed by atoms with E-state index in [0.717, 1.165) is 12.3 Å². The third-order valence-electron chi connectivity index (χ3n) is 3.83. The molecule has 1 saturated carbocycles. The molecule has 3 unspecified atom stereocenters. The molecule has 0 heterocycles. The minimum absolute atomic E-state index is 0.0199. The summed E-state index contributed by atoms with van der Waals surface area (Å²) in [4.78, 5) is 0. The van der Waals surface area contributed by atoms with Crippen molar-refractivity contribution in [2.24, 2.45) is 17.3 Å². The number of hydrogen-bond donors (Lipinski definition) is 1. The molecule has 14 heavy (non-hydrogen) atoms. The van der Waals surface area contributed by atoms with Gasteiger partial charge in [0.05, 0.1) is 6.10 Å². The highest BCUT2D eigenvalue weighted by molar-refractivity contribution is 4.85. The zero-order valence-electron chi connectivity index (χ0n) is 10.2. The summed E-state index contributed by atoms with van der Waals surface area (Å²) in [7, 11) is 0. The first-order valence-electron chi connectivity index (χ1n) is 6.13. The molecule has 0 aromatic rings.